The first kappa shape index (κ1) is 18.7. The Kier molecular flexibility index (Phi) is 4.74. The quantitative estimate of drug-likeness (QED) is 0.160. The second kappa shape index (κ2) is 7.08. The third-order valence-corrected chi connectivity index (χ3v) is 5.25. The van der Waals surface area contributed by atoms with Crippen LogP contribution in [0.25, 0.3) is 21.9 Å². The van der Waals surface area contributed by atoms with E-state index in [2.05, 4.69) is 9.15 Å². The number of carbonyl (C=O) groups excluding carboxylic acids is 2. The van der Waals surface area contributed by atoms with E-state index in [0.717, 1.165) is 0 Å². The average Bonchev–Trinajstić information content (AvgIpc) is 2.58. The SMILES string of the molecule is O=C1OC(=O)Oc2cc3c(I)cc2oc(=O)oc(=O)oc2cc(I)c3cc2O1. The molecule has 0 amide bonds. The molecule has 0 saturated carbocycles. The van der Waals surface area contributed by atoms with Gasteiger partial charge in [-0.15, -0.1) is 0 Å². The summed E-state index contributed by atoms with van der Waals surface area (Å²) in [5.41, 5.74) is -0.499. The van der Waals surface area contributed by atoms with Crippen molar-refractivity contribution in [1.29, 1.82) is 0 Å². The molecule has 0 atom stereocenters. The van der Waals surface area contributed by atoms with E-state index < -0.39 is 24.0 Å². The summed E-state index contributed by atoms with van der Waals surface area (Å²) < 4.78 is 29.8. The molecule has 28 heavy (non-hydrogen) atoms. The third-order valence-electron chi connectivity index (χ3n) is 3.46. The predicted octanol–water partition coefficient (Wildman–Crippen LogP) is 3.85. The molecule has 0 N–H and O–H groups in total. The van der Waals surface area contributed by atoms with Crippen LogP contribution in [0.4, 0.5) is 9.59 Å². The van der Waals surface area contributed by atoms with Crippen LogP contribution in [0.5, 0.6) is 11.5 Å². The molecular weight excluding hydrogens is 606 g/mol. The van der Waals surface area contributed by atoms with Crippen LogP contribution in [0, 0.1) is 7.14 Å². The Balaban J connectivity index is 2.35. The molecule has 6 bridgehead atoms. The van der Waals surface area contributed by atoms with Crippen LogP contribution in [0.3, 0.4) is 0 Å². The molecular formula is C16H4I2O10. The van der Waals surface area contributed by atoms with Crippen LogP contribution >= 0.6 is 45.2 Å². The van der Waals surface area contributed by atoms with E-state index in [1.54, 1.807) is 0 Å². The molecule has 5 rings (SSSR count). The molecule has 10 nitrogen and oxygen atoms in total. The van der Waals surface area contributed by atoms with E-state index in [0.29, 0.717) is 17.9 Å². The zero-order valence-corrected chi connectivity index (χ0v) is 17.5. The van der Waals surface area contributed by atoms with Crippen molar-refractivity contribution < 1.29 is 37.1 Å². The lowest BCUT2D eigenvalue weighted by atomic mass is 10.1. The summed E-state index contributed by atoms with van der Waals surface area (Å²) in [4.78, 5) is 47.5. The smallest absolute Gasteiger partial charge is 0.391 e. The van der Waals surface area contributed by atoms with Crippen LogP contribution < -0.4 is 21.1 Å². The standard InChI is InChI=1S/C16H4I2O10/c17-7-3-11-9-1-5(7)6-2-10(24-14(20)27-13(19)23-9)12(4-8(6)18)26-16(22)28-15(21)25-11/h1-4H. The first-order chi connectivity index (χ1) is 13.3. The zero-order valence-electron chi connectivity index (χ0n) is 13.1. The van der Waals surface area contributed by atoms with Crippen molar-refractivity contribution in [2.75, 3.05) is 0 Å². The lowest BCUT2D eigenvalue weighted by Crippen LogP contribution is -2.19. The summed E-state index contributed by atoms with van der Waals surface area (Å²) >= 11 is 3.95. The normalized spacial score (nSPS) is 13.2. The van der Waals surface area contributed by atoms with Gasteiger partial charge in [0.1, 0.15) is 0 Å². The molecule has 0 fully saturated rings. The van der Waals surface area contributed by atoms with Crippen molar-refractivity contribution >= 4 is 79.4 Å². The van der Waals surface area contributed by atoms with E-state index in [4.69, 9.17) is 18.3 Å². The molecule has 2 aromatic heterocycles. The van der Waals surface area contributed by atoms with Crippen LogP contribution in [0.1, 0.15) is 0 Å². The number of hydrogen-bond donors (Lipinski definition) is 0. The number of cyclic esters (lactones) is 2. The summed E-state index contributed by atoms with van der Waals surface area (Å²) in [6.45, 7) is 0. The van der Waals surface area contributed by atoms with E-state index in [1.165, 1.54) is 24.3 Å². The number of halogens is 2. The minimum Gasteiger partial charge on any atom is -0.391 e. The molecule has 0 unspecified atom stereocenters. The molecule has 12 heteroatoms. The van der Waals surface area contributed by atoms with Gasteiger partial charge in [-0.05, 0) is 69.4 Å². The summed E-state index contributed by atoms with van der Waals surface area (Å²) in [7, 11) is 0. The molecule has 0 saturated heterocycles. The summed E-state index contributed by atoms with van der Waals surface area (Å²) in [5.74, 6) is -3.35. The largest absolute Gasteiger partial charge is 0.524 e. The predicted molar refractivity (Wildman–Crippen MR) is 107 cm³/mol. The van der Waals surface area contributed by atoms with Crippen molar-refractivity contribution in [2.24, 2.45) is 0 Å². The summed E-state index contributed by atoms with van der Waals surface area (Å²) in [5, 5.41) is 1.12. The maximum atomic E-state index is 11.9. The maximum absolute atomic E-state index is 11.9. The highest BCUT2D eigenvalue weighted by Gasteiger charge is 2.21. The van der Waals surface area contributed by atoms with Gasteiger partial charge in [0.15, 0.2) is 22.7 Å². The van der Waals surface area contributed by atoms with Crippen molar-refractivity contribution in [1.82, 2.24) is 0 Å². The Labute approximate surface area is 179 Å². The molecule has 1 aliphatic rings. The van der Waals surface area contributed by atoms with Gasteiger partial charge in [0, 0.05) is 17.9 Å². The molecule has 2 aromatic carbocycles. The molecule has 1 aliphatic heterocycles. The number of ether oxygens (including phenoxy) is 3. The fourth-order valence-corrected chi connectivity index (χ4v) is 3.84. The maximum Gasteiger partial charge on any atom is 0.524 e. The van der Waals surface area contributed by atoms with Crippen molar-refractivity contribution in [2.45, 2.75) is 0 Å². The van der Waals surface area contributed by atoms with Gasteiger partial charge in [0.2, 0.25) is 0 Å². The molecule has 4 aromatic rings. The number of hydrogen-bond acceptors (Lipinski definition) is 10. The number of fused-ring (bicyclic) bond motifs is 6. The molecule has 3 heterocycles. The Morgan fingerprint density at radius 2 is 1.00 bits per heavy atom. The lowest BCUT2D eigenvalue weighted by Gasteiger charge is -2.05. The third kappa shape index (κ3) is 3.56. The number of carbonyl (C=O) groups is 2. The monoisotopic (exact) mass is 610 g/mol. The minimum absolute atomic E-state index is 0.249. The van der Waals surface area contributed by atoms with Gasteiger partial charge in [0.25, 0.3) is 0 Å². The van der Waals surface area contributed by atoms with Crippen molar-refractivity contribution in [3.8, 4) is 11.5 Å². The van der Waals surface area contributed by atoms with Crippen LogP contribution in [0.15, 0.2) is 47.1 Å². The second-order valence-corrected chi connectivity index (χ2v) is 7.49. The highest BCUT2D eigenvalue weighted by atomic mass is 127. The van der Waals surface area contributed by atoms with Gasteiger partial charge in [0.05, 0.1) is 0 Å². The second-order valence-electron chi connectivity index (χ2n) is 5.17. The molecule has 142 valence electrons. The van der Waals surface area contributed by atoms with E-state index in [-0.39, 0.29) is 22.7 Å². The minimum atomic E-state index is -1.42. The first-order valence-electron chi connectivity index (χ1n) is 7.20. The van der Waals surface area contributed by atoms with Crippen LogP contribution in [-0.2, 0) is 4.74 Å². The highest BCUT2D eigenvalue weighted by Crippen LogP contribution is 2.34. The Bertz CT molecular complexity index is 1240. The van der Waals surface area contributed by atoms with Crippen LogP contribution in [-0.4, -0.2) is 12.3 Å². The Hall–Kier alpha value is -2.62. The van der Waals surface area contributed by atoms with E-state index >= 15 is 0 Å². The van der Waals surface area contributed by atoms with Crippen molar-refractivity contribution in [3.05, 3.63) is 52.6 Å². The van der Waals surface area contributed by atoms with Crippen molar-refractivity contribution in [3.63, 3.8) is 0 Å². The van der Waals surface area contributed by atoms with E-state index in [9.17, 15) is 19.2 Å². The van der Waals surface area contributed by atoms with Crippen LogP contribution in [0.2, 0.25) is 0 Å². The van der Waals surface area contributed by atoms with Gasteiger partial charge in [-0.3, -0.25) is 0 Å². The fraction of sp³-hybridized carbons (Fsp3) is 0. The van der Waals surface area contributed by atoms with Gasteiger partial charge in [-0.1, -0.05) is 0 Å². The van der Waals surface area contributed by atoms with Gasteiger partial charge >= 0.3 is 24.0 Å². The molecule has 0 spiro atoms. The van der Waals surface area contributed by atoms with Gasteiger partial charge < -0.3 is 27.5 Å². The Morgan fingerprint density at radius 3 is 1.43 bits per heavy atom. The highest BCUT2D eigenvalue weighted by molar-refractivity contribution is 14.1. The molecule has 0 radical (unpaired) electrons. The Morgan fingerprint density at radius 1 is 0.571 bits per heavy atom. The molecule has 0 aliphatic carbocycles. The van der Waals surface area contributed by atoms with Gasteiger partial charge in [-0.25, -0.2) is 19.2 Å². The van der Waals surface area contributed by atoms with Gasteiger partial charge in [-0.2, -0.15) is 0 Å². The number of benzene rings is 2. The number of rotatable bonds is 0. The summed E-state index contributed by atoms with van der Waals surface area (Å²) in [6.07, 6.45) is -2.84. The zero-order chi connectivity index (χ0) is 20.0. The topological polar surface area (TPSA) is 135 Å². The first-order valence-corrected chi connectivity index (χ1v) is 9.36. The lowest BCUT2D eigenvalue weighted by molar-refractivity contribution is 0.0892. The average molecular weight is 610 g/mol. The van der Waals surface area contributed by atoms with E-state index in [1.807, 2.05) is 45.2 Å². The fourth-order valence-electron chi connectivity index (χ4n) is 2.38. The summed E-state index contributed by atoms with van der Waals surface area (Å²) in [6, 6.07) is 5.58.